The summed E-state index contributed by atoms with van der Waals surface area (Å²) in [5.74, 6) is 2.70. The first kappa shape index (κ1) is 19.3. The lowest BCUT2D eigenvalue weighted by Gasteiger charge is -2.25. The van der Waals surface area contributed by atoms with Crippen LogP contribution in [0.5, 0.6) is 23.0 Å². The summed E-state index contributed by atoms with van der Waals surface area (Å²) in [6.07, 6.45) is 0.230. The van der Waals surface area contributed by atoms with Crippen LogP contribution in [0, 0.1) is 0 Å². The second kappa shape index (κ2) is 8.25. The number of nitrogens with zero attached hydrogens (tertiary/aromatic N) is 2. The number of hydrogen-bond acceptors (Lipinski definition) is 6. The normalized spacial score (nSPS) is 15.9. The maximum absolute atomic E-state index is 13.2. The number of benzene rings is 2. The summed E-state index contributed by atoms with van der Waals surface area (Å²) < 4.78 is 21.6. The van der Waals surface area contributed by atoms with E-state index in [1.165, 1.54) is 0 Å². The van der Waals surface area contributed by atoms with E-state index in [2.05, 4.69) is 5.32 Å². The Morgan fingerprint density at radius 2 is 1.58 bits per heavy atom. The van der Waals surface area contributed by atoms with E-state index >= 15 is 0 Å². The van der Waals surface area contributed by atoms with Crippen molar-refractivity contribution < 1.29 is 28.5 Å². The number of carbonyl (C=O) groups excluding carboxylic acids is 2. The number of carbonyl (C=O) groups is 2. The molecule has 0 saturated carbocycles. The van der Waals surface area contributed by atoms with Crippen LogP contribution in [-0.4, -0.2) is 61.5 Å². The number of rotatable bonds is 7. The monoisotopic (exact) mass is 425 g/mol. The summed E-state index contributed by atoms with van der Waals surface area (Å²) in [6.45, 7) is 3.00. The Kier molecular flexibility index (Phi) is 5.15. The summed E-state index contributed by atoms with van der Waals surface area (Å²) in [5, 5.41) is 2.79. The fraction of sp³-hybridized carbons (Fsp3) is 0.364. The summed E-state index contributed by atoms with van der Waals surface area (Å²) in [6, 6.07) is 11.1. The Morgan fingerprint density at radius 1 is 0.935 bits per heavy atom. The van der Waals surface area contributed by atoms with Crippen LogP contribution in [0.4, 0.5) is 4.79 Å². The van der Waals surface area contributed by atoms with Crippen LogP contribution < -0.4 is 24.3 Å². The molecule has 1 saturated heterocycles. The number of ether oxygens (including phenoxy) is 4. The Hall–Kier alpha value is -3.62. The first-order valence-electron chi connectivity index (χ1n) is 10.2. The Morgan fingerprint density at radius 3 is 2.26 bits per heavy atom. The Bertz CT molecular complexity index is 1010. The molecule has 3 aliphatic rings. The summed E-state index contributed by atoms with van der Waals surface area (Å²) in [4.78, 5) is 28.6. The van der Waals surface area contributed by atoms with Crippen molar-refractivity contribution in [3.05, 3.63) is 47.5 Å². The quantitative estimate of drug-likeness (QED) is 0.727. The molecule has 1 fully saturated rings. The number of amides is 3. The van der Waals surface area contributed by atoms with Gasteiger partial charge in [-0.05, 0) is 35.4 Å². The van der Waals surface area contributed by atoms with Gasteiger partial charge in [-0.2, -0.15) is 0 Å². The van der Waals surface area contributed by atoms with E-state index in [4.69, 9.17) is 18.9 Å². The van der Waals surface area contributed by atoms with Gasteiger partial charge in [-0.1, -0.05) is 12.1 Å². The van der Waals surface area contributed by atoms with Gasteiger partial charge in [0.1, 0.15) is 0 Å². The molecule has 0 bridgehead atoms. The summed E-state index contributed by atoms with van der Waals surface area (Å²) in [7, 11) is 0. The summed E-state index contributed by atoms with van der Waals surface area (Å²) >= 11 is 0. The maximum Gasteiger partial charge on any atom is 0.317 e. The van der Waals surface area contributed by atoms with E-state index in [9.17, 15) is 9.59 Å². The molecule has 0 radical (unpaired) electrons. The number of urea groups is 1. The van der Waals surface area contributed by atoms with E-state index in [0.29, 0.717) is 55.7 Å². The van der Waals surface area contributed by atoms with Gasteiger partial charge in [0.2, 0.25) is 19.5 Å². The smallest absolute Gasteiger partial charge is 0.317 e. The van der Waals surface area contributed by atoms with Gasteiger partial charge in [0.15, 0.2) is 23.0 Å². The van der Waals surface area contributed by atoms with Crippen molar-refractivity contribution in [1.29, 1.82) is 0 Å². The molecule has 3 amide bonds. The molecule has 0 aliphatic carbocycles. The fourth-order valence-electron chi connectivity index (χ4n) is 3.85. The number of nitrogens with one attached hydrogen (secondary N) is 1. The molecule has 3 heterocycles. The van der Waals surface area contributed by atoms with Crippen LogP contribution in [0.15, 0.2) is 36.4 Å². The standard InChI is InChI=1S/C22H23N3O6/c26-21(11-15-1-3-17-19(9-15)30-13-28-17)25(8-7-24-6-5-23-22(24)27)12-16-2-4-18-20(10-16)31-14-29-18/h1-4,9-10H,5-8,11-14H2,(H,23,27). The first-order valence-corrected chi connectivity index (χ1v) is 10.2. The average Bonchev–Trinajstić information content (AvgIpc) is 3.51. The zero-order valence-electron chi connectivity index (χ0n) is 17.0. The van der Waals surface area contributed by atoms with Gasteiger partial charge < -0.3 is 34.1 Å². The minimum atomic E-state index is -0.0914. The van der Waals surface area contributed by atoms with Crippen molar-refractivity contribution in [2.75, 3.05) is 39.8 Å². The van der Waals surface area contributed by atoms with E-state index in [0.717, 1.165) is 11.1 Å². The van der Waals surface area contributed by atoms with Crippen LogP contribution in [0.2, 0.25) is 0 Å². The van der Waals surface area contributed by atoms with E-state index in [1.54, 1.807) is 9.80 Å². The maximum atomic E-state index is 13.2. The molecule has 0 unspecified atom stereocenters. The van der Waals surface area contributed by atoms with Crippen molar-refractivity contribution in [2.45, 2.75) is 13.0 Å². The number of hydrogen-bond donors (Lipinski definition) is 1. The molecule has 5 rings (SSSR count). The SMILES string of the molecule is O=C(Cc1ccc2c(c1)OCO2)N(CCN1CCNC1=O)Cc1ccc2c(c1)OCO2. The average molecular weight is 425 g/mol. The third kappa shape index (κ3) is 4.16. The number of fused-ring (bicyclic) bond motifs is 2. The van der Waals surface area contributed by atoms with Crippen LogP contribution in [0.25, 0.3) is 0 Å². The lowest BCUT2D eigenvalue weighted by atomic mass is 10.1. The highest BCUT2D eigenvalue weighted by molar-refractivity contribution is 5.79. The van der Waals surface area contributed by atoms with Gasteiger partial charge in [0, 0.05) is 32.7 Å². The van der Waals surface area contributed by atoms with Crippen molar-refractivity contribution in [2.24, 2.45) is 0 Å². The molecule has 2 aromatic rings. The zero-order chi connectivity index (χ0) is 21.2. The second-order valence-corrected chi connectivity index (χ2v) is 7.59. The molecule has 3 aliphatic heterocycles. The minimum absolute atomic E-state index is 0.0314. The van der Waals surface area contributed by atoms with E-state index in [1.807, 2.05) is 36.4 Å². The van der Waals surface area contributed by atoms with E-state index < -0.39 is 0 Å². The predicted octanol–water partition coefficient (Wildman–Crippen LogP) is 1.74. The predicted molar refractivity (Wildman–Crippen MR) is 109 cm³/mol. The van der Waals surface area contributed by atoms with Gasteiger partial charge in [0.25, 0.3) is 0 Å². The zero-order valence-corrected chi connectivity index (χ0v) is 17.0. The van der Waals surface area contributed by atoms with E-state index in [-0.39, 0.29) is 31.9 Å². The highest BCUT2D eigenvalue weighted by Crippen LogP contribution is 2.34. The van der Waals surface area contributed by atoms with Crippen molar-refractivity contribution in [1.82, 2.24) is 15.1 Å². The molecule has 9 heteroatoms. The van der Waals surface area contributed by atoms with Crippen LogP contribution >= 0.6 is 0 Å². The highest BCUT2D eigenvalue weighted by Gasteiger charge is 2.23. The van der Waals surface area contributed by atoms with Gasteiger partial charge >= 0.3 is 6.03 Å². The molecule has 2 aromatic carbocycles. The highest BCUT2D eigenvalue weighted by atomic mass is 16.7. The largest absolute Gasteiger partial charge is 0.454 e. The topological polar surface area (TPSA) is 89.6 Å². The summed E-state index contributed by atoms with van der Waals surface area (Å²) in [5.41, 5.74) is 1.79. The molecule has 0 spiro atoms. The van der Waals surface area contributed by atoms with Crippen molar-refractivity contribution in [3.63, 3.8) is 0 Å². The van der Waals surface area contributed by atoms with Gasteiger partial charge in [0.05, 0.1) is 6.42 Å². The molecule has 1 N–H and O–H groups in total. The molecule has 0 aromatic heterocycles. The third-order valence-electron chi connectivity index (χ3n) is 5.54. The van der Waals surface area contributed by atoms with Gasteiger partial charge in [-0.3, -0.25) is 4.79 Å². The lowest BCUT2D eigenvalue weighted by Crippen LogP contribution is -2.40. The second-order valence-electron chi connectivity index (χ2n) is 7.59. The fourth-order valence-corrected chi connectivity index (χ4v) is 3.85. The lowest BCUT2D eigenvalue weighted by molar-refractivity contribution is -0.131. The molecule has 162 valence electrons. The molecule has 31 heavy (non-hydrogen) atoms. The van der Waals surface area contributed by atoms with Crippen LogP contribution in [0.3, 0.4) is 0 Å². The molecular weight excluding hydrogens is 402 g/mol. The Labute approximate surface area is 179 Å². The molecular formula is C22H23N3O6. The van der Waals surface area contributed by atoms with Crippen LogP contribution in [0.1, 0.15) is 11.1 Å². The minimum Gasteiger partial charge on any atom is -0.454 e. The molecule has 9 nitrogen and oxygen atoms in total. The van der Waals surface area contributed by atoms with Gasteiger partial charge in [-0.15, -0.1) is 0 Å². The molecule has 0 atom stereocenters. The first-order chi connectivity index (χ1) is 15.2. The van der Waals surface area contributed by atoms with Crippen LogP contribution in [-0.2, 0) is 17.8 Å². The van der Waals surface area contributed by atoms with Gasteiger partial charge in [-0.25, -0.2) is 4.79 Å². The third-order valence-corrected chi connectivity index (χ3v) is 5.54. The Balaban J connectivity index is 1.31. The van der Waals surface area contributed by atoms with Crippen molar-refractivity contribution in [3.8, 4) is 23.0 Å². The van der Waals surface area contributed by atoms with Crippen molar-refractivity contribution >= 4 is 11.9 Å².